The van der Waals surface area contributed by atoms with E-state index in [9.17, 15) is 4.79 Å². The number of methoxy groups -OCH3 is 1. The van der Waals surface area contributed by atoms with Crippen molar-refractivity contribution in [3.63, 3.8) is 0 Å². The van der Waals surface area contributed by atoms with Crippen LogP contribution in [0.2, 0.25) is 0 Å². The Morgan fingerprint density at radius 2 is 2.12 bits per heavy atom. The lowest BCUT2D eigenvalue weighted by Crippen LogP contribution is -2.16. The molecule has 0 unspecified atom stereocenters. The van der Waals surface area contributed by atoms with Gasteiger partial charge in [0, 0.05) is 5.56 Å². The van der Waals surface area contributed by atoms with Gasteiger partial charge in [-0.3, -0.25) is 4.79 Å². The van der Waals surface area contributed by atoms with Gasteiger partial charge >= 0.3 is 5.97 Å². The molecule has 4 heteroatoms. The van der Waals surface area contributed by atoms with Crippen LogP contribution in [0, 0.1) is 0 Å². The molecule has 0 heterocycles. The van der Waals surface area contributed by atoms with E-state index in [0.29, 0.717) is 5.92 Å². The molecule has 2 N–H and O–H groups in total. The minimum atomic E-state index is -0.417. The van der Waals surface area contributed by atoms with Crippen molar-refractivity contribution in [1.82, 2.24) is 0 Å². The fraction of sp³-hybridized carbons (Fsp3) is 0.462. The molecule has 0 saturated heterocycles. The molecule has 0 fully saturated rings. The van der Waals surface area contributed by atoms with E-state index in [0.717, 1.165) is 11.3 Å². The lowest BCUT2D eigenvalue weighted by atomic mass is 10.0. The van der Waals surface area contributed by atoms with E-state index in [-0.39, 0.29) is 13.2 Å². The Labute approximate surface area is 102 Å². The van der Waals surface area contributed by atoms with Gasteiger partial charge in [0.1, 0.15) is 12.4 Å². The number of hydrogen-bond acceptors (Lipinski definition) is 4. The SMILES string of the molecule is COc1cc(C(C)C)ccc1COC(=O)CN. The quantitative estimate of drug-likeness (QED) is 0.793. The first-order chi connectivity index (χ1) is 8.08. The molecule has 0 aliphatic rings. The lowest BCUT2D eigenvalue weighted by Gasteiger charge is -2.12. The Hall–Kier alpha value is -1.55. The molecule has 1 aromatic carbocycles. The van der Waals surface area contributed by atoms with Crippen molar-refractivity contribution in [3.8, 4) is 5.75 Å². The highest BCUT2D eigenvalue weighted by molar-refractivity contribution is 5.71. The number of benzene rings is 1. The zero-order valence-corrected chi connectivity index (χ0v) is 10.5. The van der Waals surface area contributed by atoms with Crippen LogP contribution in [-0.4, -0.2) is 19.6 Å². The lowest BCUT2D eigenvalue weighted by molar-refractivity contribution is -0.143. The van der Waals surface area contributed by atoms with Crippen molar-refractivity contribution in [3.05, 3.63) is 29.3 Å². The van der Waals surface area contributed by atoms with E-state index in [1.807, 2.05) is 18.2 Å². The molecule has 1 rings (SSSR count). The Bertz CT molecular complexity index is 388. The molecule has 0 aliphatic carbocycles. The molecule has 94 valence electrons. The molecule has 0 amide bonds. The third kappa shape index (κ3) is 3.75. The second-order valence-electron chi connectivity index (χ2n) is 4.09. The standard InChI is InChI=1S/C13H19NO3/c1-9(2)10-4-5-11(12(6-10)16-3)8-17-13(15)7-14/h4-6,9H,7-8,14H2,1-3H3. The smallest absolute Gasteiger partial charge is 0.320 e. The fourth-order valence-corrected chi connectivity index (χ4v) is 1.46. The van der Waals surface area contributed by atoms with Gasteiger partial charge in [0.25, 0.3) is 0 Å². The van der Waals surface area contributed by atoms with Crippen LogP contribution in [0.3, 0.4) is 0 Å². The number of ether oxygens (including phenoxy) is 2. The third-order valence-electron chi connectivity index (χ3n) is 2.53. The van der Waals surface area contributed by atoms with Gasteiger partial charge in [0.15, 0.2) is 0 Å². The highest BCUT2D eigenvalue weighted by atomic mass is 16.5. The molecule has 0 saturated carbocycles. The van der Waals surface area contributed by atoms with E-state index >= 15 is 0 Å². The molecule has 0 atom stereocenters. The molecule has 17 heavy (non-hydrogen) atoms. The van der Waals surface area contributed by atoms with Gasteiger partial charge in [-0.2, -0.15) is 0 Å². The van der Waals surface area contributed by atoms with Crippen LogP contribution < -0.4 is 10.5 Å². The minimum absolute atomic E-state index is 0.105. The Balaban J connectivity index is 2.81. The molecule has 0 spiro atoms. The molecule has 0 radical (unpaired) electrons. The van der Waals surface area contributed by atoms with Gasteiger partial charge in [-0.1, -0.05) is 26.0 Å². The van der Waals surface area contributed by atoms with Gasteiger partial charge in [-0.25, -0.2) is 0 Å². The van der Waals surface area contributed by atoms with Crippen LogP contribution in [0.1, 0.15) is 30.9 Å². The summed E-state index contributed by atoms with van der Waals surface area (Å²) in [5.74, 6) is 0.755. The summed E-state index contributed by atoms with van der Waals surface area (Å²) in [5, 5.41) is 0. The van der Waals surface area contributed by atoms with Crippen molar-refractivity contribution in [1.29, 1.82) is 0 Å². The molecular formula is C13H19NO3. The predicted molar refractivity (Wildman–Crippen MR) is 65.9 cm³/mol. The van der Waals surface area contributed by atoms with Crippen molar-refractivity contribution in [2.45, 2.75) is 26.4 Å². The van der Waals surface area contributed by atoms with E-state index < -0.39 is 5.97 Å². The summed E-state index contributed by atoms with van der Waals surface area (Å²) >= 11 is 0. The Morgan fingerprint density at radius 3 is 2.65 bits per heavy atom. The number of rotatable bonds is 5. The largest absolute Gasteiger partial charge is 0.496 e. The maximum absolute atomic E-state index is 11.0. The van der Waals surface area contributed by atoms with Gasteiger partial charge in [-0.05, 0) is 17.5 Å². The average molecular weight is 237 g/mol. The second kappa shape index (κ2) is 6.25. The van der Waals surface area contributed by atoms with Crippen molar-refractivity contribution in [2.24, 2.45) is 5.73 Å². The van der Waals surface area contributed by atoms with Gasteiger partial charge in [0.05, 0.1) is 13.7 Å². The first-order valence-corrected chi connectivity index (χ1v) is 5.61. The van der Waals surface area contributed by atoms with Gasteiger partial charge in [-0.15, -0.1) is 0 Å². The zero-order chi connectivity index (χ0) is 12.8. The van der Waals surface area contributed by atoms with Gasteiger partial charge < -0.3 is 15.2 Å². The first kappa shape index (κ1) is 13.5. The fourth-order valence-electron chi connectivity index (χ4n) is 1.46. The van der Waals surface area contributed by atoms with Crippen LogP contribution in [0.25, 0.3) is 0 Å². The highest BCUT2D eigenvalue weighted by Gasteiger charge is 2.08. The topological polar surface area (TPSA) is 61.5 Å². The summed E-state index contributed by atoms with van der Waals surface area (Å²) in [7, 11) is 1.60. The van der Waals surface area contributed by atoms with Crippen LogP contribution in [0.4, 0.5) is 0 Å². The molecular weight excluding hydrogens is 218 g/mol. The monoisotopic (exact) mass is 237 g/mol. The summed E-state index contributed by atoms with van der Waals surface area (Å²) in [5.41, 5.74) is 7.20. The van der Waals surface area contributed by atoms with Crippen LogP contribution in [0.15, 0.2) is 18.2 Å². The van der Waals surface area contributed by atoms with Crippen LogP contribution in [-0.2, 0) is 16.1 Å². The molecule has 0 bridgehead atoms. The zero-order valence-electron chi connectivity index (χ0n) is 10.5. The number of carbonyl (C=O) groups excluding carboxylic acids is 1. The van der Waals surface area contributed by atoms with E-state index in [1.165, 1.54) is 5.56 Å². The minimum Gasteiger partial charge on any atom is -0.496 e. The van der Waals surface area contributed by atoms with Crippen LogP contribution >= 0.6 is 0 Å². The average Bonchev–Trinajstić information content (AvgIpc) is 2.35. The summed E-state index contributed by atoms with van der Waals surface area (Å²) in [6.07, 6.45) is 0. The predicted octanol–water partition coefficient (Wildman–Crippen LogP) is 1.82. The maximum Gasteiger partial charge on any atom is 0.320 e. The number of carbonyl (C=O) groups is 1. The number of hydrogen-bond donors (Lipinski definition) is 1. The van der Waals surface area contributed by atoms with Gasteiger partial charge in [0.2, 0.25) is 0 Å². The summed E-state index contributed by atoms with van der Waals surface area (Å²) in [6, 6.07) is 5.90. The van der Waals surface area contributed by atoms with E-state index in [4.69, 9.17) is 15.2 Å². The molecule has 1 aromatic rings. The van der Waals surface area contributed by atoms with E-state index in [1.54, 1.807) is 7.11 Å². The maximum atomic E-state index is 11.0. The second-order valence-corrected chi connectivity index (χ2v) is 4.09. The number of esters is 1. The first-order valence-electron chi connectivity index (χ1n) is 5.61. The summed E-state index contributed by atoms with van der Waals surface area (Å²) in [6.45, 7) is 4.32. The van der Waals surface area contributed by atoms with E-state index in [2.05, 4.69) is 13.8 Å². The van der Waals surface area contributed by atoms with Crippen molar-refractivity contribution in [2.75, 3.05) is 13.7 Å². The summed E-state index contributed by atoms with van der Waals surface area (Å²) < 4.78 is 10.3. The van der Waals surface area contributed by atoms with Crippen LogP contribution in [0.5, 0.6) is 5.75 Å². The normalized spacial score (nSPS) is 10.4. The Kier molecular flexibility index (Phi) is 4.97. The molecule has 0 aromatic heterocycles. The highest BCUT2D eigenvalue weighted by Crippen LogP contribution is 2.25. The Morgan fingerprint density at radius 1 is 1.41 bits per heavy atom. The molecule has 0 aliphatic heterocycles. The molecule has 4 nitrogen and oxygen atoms in total. The summed E-state index contributed by atoms with van der Waals surface area (Å²) in [4.78, 5) is 11.0. The van der Waals surface area contributed by atoms with Crippen molar-refractivity contribution >= 4 is 5.97 Å². The third-order valence-corrected chi connectivity index (χ3v) is 2.53. The number of nitrogens with two attached hydrogens (primary N) is 1. The van der Waals surface area contributed by atoms with Crippen molar-refractivity contribution < 1.29 is 14.3 Å².